The number of hydrogen-bond acceptors (Lipinski definition) is 1. The number of para-hydroxylation sites is 1. The molecule has 1 saturated heterocycles. The van der Waals surface area contributed by atoms with Gasteiger partial charge in [-0.1, -0.05) is 12.1 Å². The maximum Gasteiger partial charge on any atom is 0.418 e. The zero-order valence-corrected chi connectivity index (χ0v) is 7.76. The average Bonchev–Trinajstić information content (AvgIpc) is 2.12. The summed E-state index contributed by atoms with van der Waals surface area (Å²) in [5.41, 5.74) is -0.629. The van der Waals surface area contributed by atoms with Crippen molar-refractivity contribution in [3.8, 4) is 0 Å². The summed E-state index contributed by atoms with van der Waals surface area (Å²) in [6.07, 6.45) is -5.39. The molecule has 0 spiro atoms. The van der Waals surface area contributed by atoms with Crippen molar-refractivity contribution in [1.29, 1.82) is 0 Å². The molecular formula is C10H9F4N. The lowest BCUT2D eigenvalue weighted by Gasteiger charge is -2.37. The Balaban J connectivity index is 2.31. The van der Waals surface area contributed by atoms with Crippen LogP contribution in [0, 0.1) is 0 Å². The minimum Gasteiger partial charge on any atom is -0.365 e. The first-order chi connectivity index (χ1) is 6.98. The maximum atomic E-state index is 12.6. The molecule has 5 heteroatoms. The molecule has 1 aromatic rings. The van der Waals surface area contributed by atoms with Gasteiger partial charge in [-0.2, -0.15) is 13.2 Å². The van der Waals surface area contributed by atoms with Crippen molar-refractivity contribution in [3.63, 3.8) is 0 Å². The first-order valence-electron chi connectivity index (χ1n) is 4.54. The molecule has 1 aliphatic heterocycles. The summed E-state index contributed by atoms with van der Waals surface area (Å²) in [5, 5.41) is 0. The van der Waals surface area contributed by atoms with Crippen LogP contribution in [0.25, 0.3) is 0 Å². The summed E-state index contributed by atoms with van der Waals surface area (Å²) in [4.78, 5) is 1.40. The monoisotopic (exact) mass is 219 g/mol. The third-order valence-corrected chi connectivity index (χ3v) is 2.39. The normalized spacial score (nSPS) is 17.7. The smallest absolute Gasteiger partial charge is 0.365 e. The molecule has 82 valence electrons. The van der Waals surface area contributed by atoms with Crippen LogP contribution in [-0.2, 0) is 6.18 Å². The van der Waals surface area contributed by atoms with Gasteiger partial charge in [0.1, 0.15) is 6.17 Å². The Morgan fingerprint density at radius 3 is 2.27 bits per heavy atom. The SMILES string of the molecule is FC1CN(c2ccccc2C(F)(F)F)C1. The van der Waals surface area contributed by atoms with E-state index in [1.54, 1.807) is 0 Å². The number of nitrogens with zero attached hydrogens (tertiary/aromatic N) is 1. The first-order valence-corrected chi connectivity index (χ1v) is 4.54. The second kappa shape index (κ2) is 3.40. The van der Waals surface area contributed by atoms with E-state index in [-0.39, 0.29) is 18.8 Å². The van der Waals surface area contributed by atoms with Crippen LogP contribution in [0.5, 0.6) is 0 Å². The van der Waals surface area contributed by atoms with E-state index in [1.807, 2.05) is 0 Å². The van der Waals surface area contributed by atoms with Gasteiger partial charge in [0.15, 0.2) is 0 Å². The van der Waals surface area contributed by atoms with Gasteiger partial charge in [-0.25, -0.2) is 4.39 Å². The molecular weight excluding hydrogens is 210 g/mol. The van der Waals surface area contributed by atoms with Crippen molar-refractivity contribution in [2.24, 2.45) is 0 Å². The molecule has 0 unspecified atom stereocenters. The third kappa shape index (κ3) is 1.91. The van der Waals surface area contributed by atoms with Crippen LogP contribution < -0.4 is 4.90 Å². The lowest BCUT2D eigenvalue weighted by molar-refractivity contribution is -0.137. The molecule has 0 bridgehead atoms. The minimum absolute atomic E-state index is 0.0487. The fourth-order valence-electron chi connectivity index (χ4n) is 1.61. The van der Waals surface area contributed by atoms with Crippen molar-refractivity contribution in [2.45, 2.75) is 12.3 Å². The van der Waals surface area contributed by atoms with E-state index in [9.17, 15) is 17.6 Å². The third-order valence-electron chi connectivity index (χ3n) is 2.39. The van der Waals surface area contributed by atoms with Gasteiger partial charge in [-0.3, -0.25) is 0 Å². The Hall–Kier alpha value is -1.26. The van der Waals surface area contributed by atoms with Crippen LogP contribution in [0.4, 0.5) is 23.2 Å². The summed E-state index contributed by atoms with van der Waals surface area (Å²) >= 11 is 0. The predicted molar refractivity (Wildman–Crippen MR) is 48.6 cm³/mol. The lowest BCUT2D eigenvalue weighted by Crippen LogP contribution is -2.49. The molecule has 0 N–H and O–H groups in total. The van der Waals surface area contributed by atoms with E-state index in [4.69, 9.17) is 0 Å². The second-order valence-corrected chi connectivity index (χ2v) is 3.52. The Morgan fingerprint density at radius 2 is 1.73 bits per heavy atom. The zero-order valence-electron chi connectivity index (χ0n) is 7.76. The van der Waals surface area contributed by atoms with Gasteiger partial charge in [-0.05, 0) is 12.1 Å². The minimum atomic E-state index is -4.38. The number of rotatable bonds is 1. The Bertz CT molecular complexity index is 355. The van der Waals surface area contributed by atoms with Gasteiger partial charge in [0.05, 0.1) is 18.7 Å². The van der Waals surface area contributed by atoms with E-state index < -0.39 is 17.9 Å². The number of alkyl halides is 4. The number of halogens is 4. The van der Waals surface area contributed by atoms with Gasteiger partial charge in [0, 0.05) is 5.69 Å². The van der Waals surface area contributed by atoms with E-state index >= 15 is 0 Å². The molecule has 1 fully saturated rings. The zero-order chi connectivity index (χ0) is 11.1. The highest BCUT2D eigenvalue weighted by atomic mass is 19.4. The highest BCUT2D eigenvalue weighted by Gasteiger charge is 2.37. The number of anilines is 1. The molecule has 0 saturated carbocycles. The molecule has 0 atom stereocenters. The Morgan fingerprint density at radius 1 is 1.13 bits per heavy atom. The molecule has 0 aliphatic carbocycles. The molecule has 2 rings (SSSR count). The molecule has 0 radical (unpaired) electrons. The van der Waals surface area contributed by atoms with Gasteiger partial charge < -0.3 is 4.90 Å². The van der Waals surface area contributed by atoms with Crippen LogP contribution >= 0.6 is 0 Å². The first kappa shape index (κ1) is 10.3. The van der Waals surface area contributed by atoms with Gasteiger partial charge >= 0.3 is 6.18 Å². The summed E-state index contributed by atoms with van der Waals surface area (Å²) in [7, 11) is 0. The fraction of sp³-hybridized carbons (Fsp3) is 0.400. The number of benzene rings is 1. The topological polar surface area (TPSA) is 3.24 Å². The summed E-state index contributed by atoms with van der Waals surface area (Å²) < 4.78 is 50.2. The molecule has 0 amide bonds. The van der Waals surface area contributed by atoms with Gasteiger partial charge in [-0.15, -0.1) is 0 Å². The lowest BCUT2D eigenvalue weighted by atomic mass is 10.1. The van der Waals surface area contributed by atoms with Crippen LogP contribution in [-0.4, -0.2) is 19.3 Å². The van der Waals surface area contributed by atoms with Crippen molar-refractivity contribution in [2.75, 3.05) is 18.0 Å². The van der Waals surface area contributed by atoms with E-state index in [0.29, 0.717) is 0 Å². The largest absolute Gasteiger partial charge is 0.418 e. The van der Waals surface area contributed by atoms with Crippen molar-refractivity contribution >= 4 is 5.69 Å². The summed E-state index contributed by atoms with van der Waals surface area (Å²) in [6, 6.07) is 5.24. The van der Waals surface area contributed by atoms with Crippen LogP contribution in [0.2, 0.25) is 0 Å². The van der Waals surface area contributed by atoms with Gasteiger partial charge in [0.25, 0.3) is 0 Å². The highest BCUT2D eigenvalue weighted by Crippen LogP contribution is 2.37. The van der Waals surface area contributed by atoms with Crippen molar-refractivity contribution in [1.82, 2.24) is 0 Å². The summed E-state index contributed by atoms with van der Waals surface area (Å²) in [6.45, 7) is 0.0974. The van der Waals surface area contributed by atoms with Crippen LogP contribution in [0.1, 0.15) is 5.56 Å². The van der Waals surface area contributed by atoms with E-state index in [1.165, 1.54) is 23.1 Å². The van der Waals surface area contributed by atoms with Crippen molar-refractivity contribution in [3.05, 3.63) is 29.8 Å². The Labute approximate surface area is 84.3 Å². The molecule has 1 nitrogen and oxygen atoms in total. The predicted octanol–water partition coefficient (Wildman–Crippen LogP) is 2.86. The average molecular weight is 219 g/mol. The molecule has 1 aliphatic rings. The fourth-order valence-corrected chi connectivity index (χ4v) is 1.61. The molecule has 1 heterocycles. The van der Waals surface area contributed by atoms with E-state index in [2.05, 4.69) is 0 Å². The summed E-state index contributed by atoms with van der Waals surface area (Å²) in [5.74, 6) is 0. The molecule has 0 aromatic heterocycles. The second-order valence-electron chi connectivity index (χ2n) is 3.52. The maximum absolute atomic E-state index is 12.6. The number of hydrogen-bond donors (Lipinski definition) is 0. The molecule has 1 aromatic carbocycles. The van der Waals surface area contributed by atoms with Crippen LogP contribution in [0.3, 0.4) is 0 Å². The highest BCUT2D eigenvalue weighted by molar-refractivity contribution is 5.57. The van der Waals surface area contributed by atoms with Gasteiger partial charge in [0.2, 0.25) is 0 Å². The Kier molecular flexibility index (Phi) is 2.32. The standard InChI is InChI=1S/C10H9F4N/c11-7-5-15(6-7)9-4-2-1-3-8(9)10(12,13)14/h1-4,7H,5-6H2. The quantitative estimate of drug-likeness (QED) is 0.656. The van der Waals surface area contributed by atoms with Crippen LogP contribution in [0.15, 0.2) is 24.3 Å². The van der Waals surface area contributed by atoms with E-state index in [0.717, 1.165) is 6.07 Å². The molecule has 15 heavy (non-hydrogen) atoms. The van der Waals surface area contributed by atoms with Crippen molar-refractivity contribution < 1.29 is 17.6 Å².